The Balaban J connectivity index is 1.31. The minimum Gasteiger partial charge on any atom is -0.461 e. The van der Waals surface area contributed by atoms with E-state index >= 15 is 0 Å². The third-order valence-corrected chi connectivity index (χ3v) is 5.26. The first-order chi connectivity index (χ1) is 13.2. The van der Waals surface area contributed by atoms with Crippen LogP contribution in [-0.2, 0) is 4.79 Å². The van der Waals surface area contributed by atoms with Crippen molar-refractivity contribution in [3.63, 3.8) is 0 Å². The first-order valence-corrected chi connectivity index (χ1v) is 9.52. The lowest BCUT2D eigenvalue weighted by Gasteiger charge is -2.35. The van der Waals surface area contributed by atoms with Gasteiger partial charge in [0.05, 0.1) is 12.0 Å². The fourth-order valence-corrected chi connectivity index (χ4v) is 3.65. The Labute approximate surface area is 160 Å². The number of rotatable bonds is 5. The Kier molecular flexibility index (Phi) is 4.97. The molecule has 140 valence electrons. The molecule has 0 aromatic carbocycles. The number of amides is 1. The third kappa shape index (κ3) is 3.75. The molecule has 0 spiro atoms. The fourth-order valence-electron chi connectivity index (χ4n) is 2.89. The summed E-state index contributed by atoms with van der Waals surface area (Å²) in [6.07, 6.45) is 3.33. The monoisotopic (exact) mass is 385 g/mol. The van der Waals surface area contributed by atoms with E-state index in [0.29, 0.717) is 29.8 Å². The number of anilines is 1. The van der Waals surface area contributed by atoms with Crippen LogP contribution in [0.15, 0.2) is 52.4 Å². The predicted molar refractivity (Wildman–Crippen MR) is 102 cm³/mol. The molecule has 1 fully saturated rings. The van der Waals surface area contributed by atoms with E-state index in [-0.39, 0.29) is 11.7 Å². The van der Waals surface area contributed by atoms with Gasteiger partial charge in [0.15, 0.2) is 5.76 Å². The highest BCUT2D eigenvalue weighted by atomic mass is 32.2. The van der Waals surface area contributed by atoms with Crippen LogP contribution in [0.2, 0.25) is 0 Å². The van der Waals surface area contributed by atoms with E-state index in [0.717, 1.165) is 18.9 Å². The Morgan fingerprint density at radius 2 is 2.00 bits per heavy atom. The predicted octanol–water partition coefficient (Wildman–Crippen LogP) is 1.09. The van der Waals surface area contributed by atoms with E-state index in [2.05, 4.69) is 20.1 Å². The van der Waals surface area contributed by atoms with Crippen LogP contribution < -0.4 is 10.7 Å². The average Bonchev–Trinajstić information content (AvgIpc) is 3.37. The minimum atomic E-state index is 0.0585. The summed E-state index contributed by atoms with van der Waals surface area (Å²) in [5.74, 6) is 8.24. The summed E-state index contributed by atoms with van der Waals surface area (Å²) in [4.78, 5) is 20.9. The van der Waals surface area contributed by atoms with Gasteiger partial charge in [0.2, 0.25) is 16.9 Å². The molecule has 3 aromatic heterocycles. The van der Waals surface area contributed by atoms with E-state index in [1.165, 1.54) is 16.4 Å². The molecule has 1 saturated heterocycles. The zero-order valence-corrected chi connectivity index (χ0v) is 15.4. The maximum Gasteiger partial charge on any atom is 0.233 e. The Hall–Kier alpha value is -3.01. The number of pyridine rings is 1. The maximum atomic E-state index is 12.5. The second-order valence-electron chi connectivity index (χ2n) is 6.00. The van der Waals surface area contributed by atoms with Gasteiger partial charge >= 0.3 is 0 Å². The third-order valence-electron chi connectivity index (χ3n) is 4.34. The quantitative estimate of drug-likeness (QED) is 0.514. The molecule has 3 aromatic rings. The van der Waals surface area contributed by atoms with Crippen LogP contribution in [0.25, 0.3) is 11.6 Å². The van der Waals surface area contributed by atoms with Crippen molar-refractivity contribution in [2.75, 3.05) is 42.7 Å². The van der Waals surface area contributed by atoms with Gasteiger partial charge in [-0.05, 0) is 24.3 Å². The molecule has 0 aliphatic carbocycles. The number of nitrogens with zero attached hydrogens (tertiary/aromatic N) is 6. The number of carbonyl (C=O) groups excluding carboxylic acids is 1. The van der Waals surface area contributed by atoms with Gasteiger partial charge in [-0.15, -0.1) is 10.2 Å². The number of thioether (sulfide) groups is 1. The molecule has 0 atom stereocenters. The molecule has 1 aliphatic rings. The van der Waals surface area contributed by atoms with Crippen molar-refractivity contribution in [3.8, 4) is 11.6 Å². The summed E-state index contributed by atoms with van der Waals surface area (Å²) < 4.78 is 6.63. The van der Waals surface area contributed by atoms with Crippen LogP contribution >= 0.6 is 11.8 Å². The summed E-state index contributed by atoms with van der Waals surface area (Å²) in [5.41, 5.74) is 0. The zero-order chi connectivity index (χ0) is 18.6. The van der Waals surface area contributed by atoms with Crippen LogP contribution in [0.4, 0.5) is 5.82 Å². The van der Waals surface area contributed by atoms with Crippen LogP contribution in [0, 0.1) is 0 Å². The van der Waals surface area contributed by atoms with E-state index in [1.807, 2.05) is 23.1 Å². The van der Waals surface area contributed by atoms with Crippen molar-refractivity contribution >= 4 is 23.5 Å². The lowest BCUT2D eigenvalue weighted by atomic mass is 10.3. The average molecular weight is 385 g/mol. The Morgan fingerprint density at radius 3 is 2.70 bits per heavy atom. The number of furan rings is 1. The number of nitrogens with two attached hydrogens (primary N) is 1. The van der Waals surface area contributed by atoms with E-state index in [4.69, 9.17) is 10.3 Å². The highest BCUT2D eigenvalue weighted by molar-refractivity contribution is 7.99. The number of piperazine rings is 1. The Morgan fingerprint density at radius 1 is 1.15 bits per heavy atom. The number of hydrogen-bond acceptors (Lipinski definition) is 8. The van der Waals surface area contributed by atoms with E-state index in [9.17, 15) is 4.79 Å². The van der Waals surface area contributed by atoms with Crippen LogP contribution in [0.1, 0.15) is 0 Å². The SMILES string of the molecule is Nn1c(SCC(=O)N2CCN(c3ccccn3)CC2)nnc1-c1ccco1. The van der Waals surface area contributed by atoms with Crippen molar-refractivity contribution in [2.45, 2.75) is 5.16 Å². The highest BCUT2D eigenvalue weighted by Crippen LogP contribution is 2.22. The van der Waals surface area contributed by atoms with Crippen LogP contribution in [-0.4, -0.2) is 62.6 Å². The molecule has 1 aliphatic heterocycles. The molecule has 9 nitrogen and oxygen atoms in total. The van der Waals surface area contributed by atoms with Gasteiger partial charge in [0, 0.05) is 32.4 Å². The van der Waals surface area contributed by atoms with E-state index < -0.39 is 0 Å². The molecule has 10 heteroatoms. The molecule has 4 rings (SSSR count). The first kappa shape index (κ1) is 17.4. The van der Waals surface area contributed by atoms with Gasteiger partial charge in [-0.3, -0.25) is 4.79 Å². The summed E-state index contributed by atoms with van der Waals surface area (Å²) >= 11 is 1.27. The van der Waals surface area contributed by atoms with E-state index in [1.54, 1.807) is 24.6 Å². The second kappa shape index (κ2) is 7.70. The molecule has 1 amide bonds. The summed E-state index contributed by atoms with van der Waals surface area (Å²) in [6.45, 7) is 2.87. The summed E-state index contributed by atoms with van der Waals surface area (Å²) in [6, 6.07) is 9.36. The molecule has 0 saturated carbocycles. The normalized spacial score (nSPS) is 14.5. The maximum absolute atomic E-state index is 12.5. The smallest absolute Gasteiger partial charge is 0.233 e. The summed E-state index contributed by atoms with van der Waals surface area (Å²) in [5, 5.41) is 8.55. The topological polar surface area (TPSA) is 106 Å². The molecular formula is C17H19N7O2S. The molecule has 27 heavy (non-hydrogen) atoms. The van der Waals surface area contributed by atoms with Gasteiger partial charge < -0.3 is 20.1 Å². The Bertz CT molecular complexity index is 889. The molecule has 2 N–H and O–H groups in total. The van der Waals surface area contributed by atoms with Crippen molar-refractivity contribution in [1.29, 1.82) is 0 Å². The molecule has 0 radical (unpaired) electrons. The summed E-state index contributed by atoms with van der Waals surface area (Å²) in [7, 11) is 0. The van der Waals surface area contributed by atoms with Crippen molar-refractivity contribution in [3.05, 3.63) is 42.8 Å². The molecule has 4 heterocycles. The molecule has 0 bridgehead atoms. The number of carbonyl (C=O) groups is 1. The fraction of sp³-hybridized carbons (Fsp3) is 0.294. The van der Waals surface area contributed by atoms with Gasteiger partial charge in [-0.2, -0.15) is 0 Å². The van der Waals surface area contributed by atoms with Crippen molar-refractivity contribution < 1.29 is 9.21 Å². The largest absolute Gasteiger partial charge is 0.461 e. The zero-order valence-electron chi connectivity index (χ0n) is 14.6. The highest BCUT2D eigenvalue weighted by Gasteiger charge is 2.23. The number of hydrogen-bond donors (Lipinski definition) is 1. The number of aromatic nitrogens is 4. The van der Waals surface area contributed by atoms with Crippen LogP contribution in [0.3, 0.4) is 0 Å². The molecule has 0 unspecified atom stereocenters. The number of nitrogen functional groups attached to an aromatic ring is 1. The lowest BCUT2D eigenvalue weighted by molar-refractivity contribution is -0.128. The standard InChI is InChI=1S/C17H19N7O2S/c18-24-16(13-4-3-11-26-13)20-21-17(24)27-12-15(25)23-9-7-22(8-10-23)14-5-1-2-6-19-14/h1-6,11H,7-10,12,18H2. The van der Waals surface area contributed by atoms with Gasteiger partial charge in [-0.25, -0.2) is 9.66 Å². The second-order valence-corrected chi connectivity index (χ2v) is 6.94. The lowest BCUT2D eigenvalue weighted by Crippen LogP contribution is -2.49. The van der Waals surface area contributed by atoms with Gasteiger partial charge in [0.1, 0.15) is 5.82 Å². The first-order valence-electron chi connectivity index (χ1n) is 8.53. The van der Waals surface area contributed by atoms with Crippen LogP contribution in [0.5, 0.6) is 0 Å². The van der Waals surface area contributed by atoms with Gasteiger partial charge in [0.25, 0.3) is 0 Å². The van der Waals surface area contributed by atoms with Crippen molar-refractivity contribution in [1.82, 2.24) is 24.8 Å². The minimum absolute atomic E-state index is 0.0585. The molecular weight excluding hydrogens is 366 g/mol. The van der Waals surface area contributed by atoms with Crippen molar-refractivity contribution in [2.24, 2.45) is 0 Å². The van der Waals surface area contributed by atoms with Gasteiger partial charge in [-0.1, -0.05) is 17.8 Å².